The highest BCUT2D eigenvalue weighted by atomic mass is 35.5. The van der Waals surface area contributed by atoms with Crippen molar-refractivity contribution in [2.24, 2.45) is 5.92 Å². The molecular formula is C24H29ClN4O. The fraction of sp³-hybridized carbons (Fsp3) is 0.417. The Morgan fingerprint density at radius 2 is 1.93 bits per heavy atom. The number of halogens is 1. The highest BCUT2D eigenvalue weighted by Crippen LogP contribution is 2.32. The Morgan fingerprint density at radius 1 is 1.20 bits per heavy atom. The minimum atomic E-state index is 0.0874. The van der Waals surface area contributed by atoms with E-state index in [0.717, 1.165) is 78.6 Å². The van der Waals surface area contributed by atoms with Crippen molar-refractivity contribution in [2.75, 3.05) is 24.5 Å². The van der Waals surface area contributed by atoms with Crippen molar-refractivity contribution in [3.63, 3.8) is 0 Å². The van der Waals surface area contributed by atoms with Gasteiger partial charge in [0, 0.05) is 36.3 Å². The van der Waals surface area contributed by atoms with E-state index >= 15 is 0 Å². The van der Waals surface area contributed by atoms with Crippen LogP contribution in [-0.4, -0.2) is 35.1 Å². The molecule has 6 heteroatoms. The second-order valence-electron chi connectivity index (χ2n) is 8.08. The number of hydrogen-bond acceptors (Lipinski definition) is 3. The average molecular weight is 425 g/mol. The standard InChI is InChI=1S/C24H29ClN4O/c1-3-4-12-26-23(30)18-10-13-28(14-11-18)24-27-21-16-20(25)17(2)15-22(21)29(24)19-8-6-5-7-9-19/h5-9,15-16,18H,3-4,10-14H2,1-2H3,(H,26,30). The highest BCUT2D eigenvalue weighted by Gasteiger charge is 2.28. The van der Waals surface area contributed by atoms with Crippen LogP contribution in [0.15, 0.2) is 42.5 Å². The smallest absolute Gasteiger partial charge is 0.223 e. The van der Waals surface area contributed by atoms with E-state index in [0.29, 0.717) is 0 Å². The largest absolute Gasteiger partial charge is 0.356 e. The van der Waals surface area contributed by atoms with Gasteiger partial charge in [-0.2, -0.15) is 0 Å². The number of aromatic nitrogens is 2. The number of para-hydroxylation sites is 1. The maximum atomic E-state index is 12.5. The molecule has 4 rings (SSSR count). The van der Waals surface area contributed by atoms with Gasteiger partial charge in [-0.1, -0.05) is 43.1 Å². The van der Waals surface area contributed by atoms with E-state index < -0.39 is 0 Å². The number of anilines is 1. The zero-order valence-electron chi connectivity index (χ0n) is 17.7. The number of rotatable bonds is 6. The molecule has 1 fully saturated rings. The fourth-order valence-electron chi connectivity index (χ4n) is 4.11. The van der Waals surface area contributed by atoms with Crippen molar-refractivity contribution >= 4 is 34.5 Å². The van der Waals surface area contributed by atoms with E-state index in [1.807, 2.05) is 31.2 Å². The molecule has 0 unspecified atom stereocenters. The number of aryl methyl sites for hydroxylation is 1. The summed E-state index contributed by atoms with van der Waals surface area (Å²) in [5.41, 5.74) is 4.06. The first-order chi connectivity index (χ1) is 14.6. The Labute approximate surface area is 183 Å². The lowest BCUT2D eigenvalue weighted by Crippen LogP contribution is -2.41. The monoisotopic (exact) mass is 424 g/mol. The molecule has 2 heterocycles. The van der Waals surface area contributed by atoms with Crippen LogP contribution in [0.4, 0.5) is 5.95 Å². The third kappa shape index (κ3) is 4.17. The summed E-state index contributed by atoms with van der Waals surface area (Å²) in [6.45, 7) is 6.56. The van der Waals surface area contributed by atoms with Crippen LogP contribution in [-0.2, 0) is 4.79 Å². The summed E-state index contributed by atoms with van der Waals surface area (Å²) in [5, 5.41) is 3.82. The highest BCUT2D eigenvalue weighted by molar-refractivity contribution is 6.32. The molecule has 1 saturated heterocycles. The second-order valence-corrected chi connectivity index (χ2v) is 8.49. The lowest BCUT2D eigenvalue weighted by Gasteiger charge is -2.32. The molecule has 0 saturated carbocycles. The van der Waals surface area contributed by atoms with Gasteiger partial charge in [-0.3, -0.25) is 9.36 Å². The van der Waals surface area contributed by atoms with Gasteiger partial charge in [-0.05, 0) is 56.0 Å². The summed E-state index contributed by atoms with van der Waals surface area (Å²) >= 11 is 6.38. The number of benzene rings is 2. The summed E-state index contributed by atoms with van der Waals surface area (Å²) in [5.74, 6) is 1.20. The van der Waals surface area contributed by atoms with Gasteiger partial charge < -0.3 is 10.2 Å². The summed E-state index contributed by atoms with van der Waals surface area (Å²) in [6.07, 6.45) is 3.82. The van der Waals surface area contributed by atoms with Crippen molar-refractivity contribution in [3.8, 4) is 5.69 Å². The molecule has 1 N–H and O–H groups in total. The second kappa shape index (κ2) is 9.09. The van der Waals surface area contributed by atoms with Crippen molar-refractivity contribution in [2.45, 2.75) is 39.5 Å². The summed E-state index contributed by atoms with van der Waals surface area (Å²) in [4.78, 5) is 19.7. The lowest BCUT2D eigenvalue weighted by molar-refractivity contribution is -0.125. The summed E-state index contributed by atoms with van der Waals surface area (Å²) in [6, 6.07) is 14.4. The molecule has 1 aliphatic heterocycles. The SMILES string of the molecule is CCCCNC(=O)C1CCN(c2nc3cc(Cl)c(C)cc3n2-c2ccccc2)CC1. The first-order valence-corrected chi connectivity index (χ1v) is 11.2. The van der Waals surface area contributed by atoms with Crippen molar-refractivity contribution in [1.29, 1.82) is 0 Å². The minimum Gasteiger partial charge on any atom is -0.356 e. The number of imidazole rings is 1. The van der Waals surface area contributed by atoms with E-state index in [4.69, 9.17) is 16.6 Å². The molecule has 3 aromatic rings. The zero-order valence-corrected chi connectivity index (χ0v) is 18.5. The maximum Gasteiger partial charge on any atom is 0.223 e. The molecule has 30 heavy (non-hydrogen) atoms. The van der Waals surface area contributed by atoms with E-state index in [1.54, 1.807) is 0 Å². The van der Waals surface area contributed by atoms with Crippen LogP contribution < -0.4 is 10.2 Å². The quantitative estimate of drug-likeness (QED) is 0.558. The van der Waals surface area contributed by atoms with E-state index in [1.165, 1.54) is 0 Å². The molecule has 1 aliphatic rings. The van der Waals surface area contributed by atoms with Gasteiger partial charge >= 0.3 is 0 Å². The van der Waals surface area contributed by atoms with Gasteiger partial charge in [-0.25, -0.2) is 4.98 Å². The molecular weight excluding hydrogens is 396 g/mol. The molecule has 0 radical (unpaired) electrons. The van der Waals surface area contributed by atoms with Gasteiger partial charge in [0.05, 0.1) is 11.0 Å². The van der Waals surface area contributed by atoms with Crippen molar-refractivity contribution in [1.82, 2.24) is 14.9 Å². The van der Waals surface area contributed by atoms with Crippen LogP contribution in [0.2, 0.25) is 5.02 Å². The molecule has 158 valence electrons. The Balaban J connectivity index is 1.61. The molecule has 0 spiro atoms. The number of amides is 1. The van der Waals surface area contributed by atoms with Gasteiger partial charge in [-0.15, -0.1) is 0 Å². The summed E-state index contributed by atoms with van der Waals surface area (Å²) in [7, 11) is 0. The van der Waals surface area contributed by atoms with E-state index in [-0.39, 0.29) is 11.8 Å². The average Bonchev–Trinajstić information content (AvgIpc) is 3.13. The first-order valence-electron chi connectivity index (χ1n) is 10.8. The molecule has 1 amide bonds. The number of fused-ring (bicyclic) bond motifs is 1. The minimum absolute atomic E-state index is 0.0874. The van der Waals surface area contributed by atoms with Crippen LogP contribution in [0.1, 0.15) is 38.2 Å². The molecule has 1 aromatic heterocycles. The third-order valence-electron chi connectivity index (χ3n) is 5.91. The van der Waals surface area contributed by atoms with E-state index in [2.05, 4.69) is 39.9 Å². The predicted octanol–water partition coefficient (Wildman–Crippen LogP) is 5.12. The topological polar surface area (TPSA) is 50.2 Å². The number of carbonyl (C=O) groups is 1. The van der Waals surface area contributed by atoms with Crippen LogP contribution in [0.5, 0.6) is 0 Å². The number of piperidine rings is 1. The number of carbonyl (C=O) groups excluding carboxylic acids is 1. The van der Waals surface area contributed by atoms with Gasteiger partial charge in [0.15, 0.2) is 0 Å². The zero-order chi connectivity index (χ0) is 21.1. The predicted molar refractivity (Wildman–Crippen MR) is 124 cm³/mol. The van der Waals surface area contributed by atoms with Crippen LogP contribution in [0.3, 0.4) is 0 Å². The summed E-state index contributed by atoms with van der Waals surface area (Å²) < 4.78 is 2.21. The number of nitrogens with one attached hydrogen (secondary N) is 1. The van der Waals surface area contributed by atoms with Gasteiger partial charge in [0.1, 0.15) is 0 Å². The lowest BCUT2D eigenvalue weighted by atomic mass is 9.96. The van der Waals surface area contributed by atoms with Gasteiger partial charge in [0.2, 0.25) is 11.9 Å². The van der Waals surface area contributed by atoms with Gasteiger partial charge in [0.25, 0.3) is 0 Å². The Kier molecular flexibility index (Phi) is 6.28. The molecule has 5 nitrogen and oxygen atoms in total. The van der Waals surface area contributed by atoms with Crippen LogP contribution in [0, 0.1) is 12.8 Å². The molecule has 0 atom stereocenters. The maximum absolute atomic E-state index is 12.5. The fourth-order valence-corrected chi connectivity index (χ4v) is 4.27. The first kappa shape index (κ1) is 20.7. The van der Waals surface area contributed by atoms with Crippen LogP contribution >= 0.6 is 11.6 Å². The number of nitrogens with zero attached hydrogens (tertiary/aromatic N) is 3. The van der Waals surface area contributed by atoms with Crippen molar-refractivity contribution < 1.29 is 4.79 Å². The molecule has 0 aliphatic carbocycles. The Hall–Kier alpha value is -2.53. The third-order valence-corrected chi connectivity index (χ3v) is 6.32. The molecule has 2 aromatic carbocycles. The normalized spacial score (nSPS) is 15.0. The van der Waals surface area contributed by atoms with E-state index in [9.17, 15) is 4.79 Å². The van der Waals surface area contributed by atoms with Crippen LogP contribution in [0.25, 0.3) is 16.7 Å². The Bertz CT molecular complexity index is 1020. The number of unbranched alkanes of at least 4 members (excludes halogenated alkanes) is 1. The molecule has 0 bridgehead atoms. The number of hydrogen-bond donors (Lipinski definition) is 1. The van der Waals surface area contributed by atoms with Crippen molar-refractivity contribution in [3.05, 3.63) is 53.1 Å². The Morgan fingerprint density at radius 3 is 2.63 bits per heavy atom.